The first-order valence-corrected chi connectivity index (χ1v) is 12.2. The fourth-order valence-corrected chi connectivity index (χ4v) is 6.36. The number of carbonyl (C=O) groups excluding carboxylic acids is 1. The zero-order valence-electron chi connectivity index (χ0n) is 17.4. The van der Waals surface area contributed by atoms with Crippen LogP contribution in [0.25, 0.3) is 17.2 Å². The molecular formula is C22H15F6NO3S3. The Balaban J connectivity index is 1.60. The molecule has 0 unspecified atom stereocenters. The summed E-state index contributed by atoms with van der Waals surface area (Å²) in [4.78, 5) is 26.2. The lowest BCUT2D eigenvalue weighted by Crippen LogP contribution is -2.37. The summed E-state index contributed by atoms with van der Waals surface area (Å²) in [6.07, 6.45) is -7.21. The third-order valence-electron chi connectivity index (χ3n) is 5.76. The van der Waals surface area contributed by atoms with Gasteiger partial charge in [-0.25, -0.2) is 0 Å². The molecule has 1 N–H and O–H groups in total. The molecule has 13 heteroatoms. The molecule has 1 aromatic heterocycles. The van der Waals surface area contributed by atoms with Crippen molar-refractivity contribution in [1.82, 2.24) is 4.90 Å². The Morgan fingerprint density at radius 1 is 1.03 bits per heavy atom. The van der Waals surface area contributed by atoms with Crippen LogP contribution in [0.5, 0.6) is 0 Å². The maximum Gasteiger partial charge on any atom is 0.416 e. The van der Waals surface area contributed by atoms with E-state index in [4.69, 9.17) is 12.2 Å². The first-order valence-electron chi connectivity index (χ1n) is 10.1. The first kappa shape index (κ1) is 25.7. The van der Waals surface area contributed by atoms with E-state index in [1.807, 2.05) is 0 Å². The Morgan fingerprint density at radius 2 is 1.66 bits per heavy atom. The summed E-state index contributed by atoms with van der Waals surface area (Å²) < 4.78 is 79.3. The van der Waals surface area contributed by atoms with Gasteiger partial charge in [0.15, 0.2) is 0 Å². The molecule has 0 spiro atoms. The molecule has 2 heterocycles. The maximum atomic E-state index is 13.2. The lowest BCUT2D eigenvalue weighted by Gasteiger charge is -2.22. The van der Waals surface area contributed by atoms with E-state index in [9.17, 15) is 41.0 Å². The monoisotopic (exact) mass is 551 g/mol. The molecule has 1 saturated carbocycles. The molecule has 35 heavy (non-hydrogen) atoms. The summed E-state index contributed by atoms with van der Waals surface area (Å²) in [7, 11) is 0. The zero-order chi connectivity index (χ0) is 25.7. The second-order valence-electron chi connectivity index (χ2n) is 8.09. The molecule has 0 bridgehead atoms. The van der Waals surface area contributed by atoms with Crippen molar-refractivity contribution in [2.24, 2.45) is 5.92 Å². The third-order valence-corrected chi connectivity index (χ3v) is 7.97. The highest BCUT2D eigenvalue weighted by atomic mass is 32.2. The van der Waals surface area contributed by atoms with Crippen molar-refractivity contribution in [2.75, 3.05) is 0 Å². The van der Waals surface area contributed by atoms with Gasteiger partial charge in [-0.1, -0.05) is 24.0 Å². The van der Waals surface area contributed by atoms with Crippen LogP contribution in [0.15, 0.2) is 34.6 Å². The largest absolute Gasteiger partial charge is 0.481 e. The van der Waals surface area contributed by atoms with E-state index in [2.05, 4.69) is 0 Å². The van der Waals surface area contributed by atoms with Gasteiger partial charge in [0.05, 0.1) is 21.9 Å². The van der Waals surface area contributed by atoms with Crippen LogP contribution in [-0.2, 0) is 21.9 Å². The number of hydrogen-bond donors (Lipinski definition) is 1. The van der Waals surface area contributed by atoms with E-state index in [1.165, 1.54) is 22.4 Å². The fraction of sp³-hybridized carbons (Fsp3) is 0.318. The molecule has 2 fully saturated rings. The smallest absolute Gasteiger partial charge is 0.416 e. The van der Waals surface area contributed by atoms with E-state index in [0.717, 1.165) is 23.1 Å². The van der Waals surface area contributed by atoms with Crippen LogP contribution in [-0.4, -0.2) is 32.2 Å². The minimum Gasteiger partial charge on any atom is -0.481 e. The van der Waals surface area contributed by atoms with E-state index in [-0.39, 0.29) is 38.9 Å². The minimum absolute atomic E-state index is 0.0695. The van der Waals surface area contributed by atoms with Crippen molar-refractivity contribution in [1.29, 1.82) is 0 Å². The molecule has 4 rings (SSSR count). The number of aliphatic carboxylic acids is 1. The third kappa shape index (κ3) is 5.41. The summed E-state index contributed by atoms with van der Waals surface area (Å²) >= 11 is 7.38. The Morgan fingerprint density at radius 3 is 2.20 bits per heavy atom. The predicted molar refractivity (Wildman–Crippen MR) is 124 cm³/mol. The quantitative estimate of drug-likeness (QED) is 0.254. The van der Waals surface area contributed by atoms with Gasteiger partial charge in [0.1, 0.15) is 4.32 Å². The molecule has 1 aliphatic heterocycles. The molecule has 2 aromatic rings. The van der Waals surface area contributed by atoms with Crippen molar-refractivity contribution in [2.45, 2.75) is 37.7 Å². The Kier molecular flexibility index (Phi) is 6.79. The molecular weight excluding hydrogens is 536 g/mol. The fourth-order valence-electron chi connectivity index (χ4n) is 4.04. The summed E-state index contributed by atoms with van der Waals surface area (Å²) in [5.41, 5.74) is -2.92. The van der Waals surface area contributed by atoms with Crippen molar-refractivity contribution < 1.29 is 41.0 Å². The first-order chi connectivity index (χ1) is 16.2. The number of carboxylic acids is 1. The number of amides is 1. The van der Waals surface area contributed by atoms with E-state index in [1.54, 1.807) is 0 Å². The second kappa shape index (κ2) is 9.25. The molecule has 1 aliphatic carbocycles. The normalized spacial score (nSPS) is 22.5. The maximum absolute atomic E-state index is 13.2. The van der Waals surface area contributed by atoms with Crippen molar-refractivity contribution in [3.63, 3.8) is 0 Å². The lowest BCUT2D eigenvalue weighted by molar-refractivity contribution is -0.143. The van der Waals surface area contributed by atoms with E-state index >= 15 is 0 Å². The van der Waals surface area contributed by atoms with E-state index in [0.29, 0.717) is 29.9 Å². The summed E-state index contributed by atoms with van der Waals surface area (Å²) in [5, 5.41) is 10.6. The molecule has 1 aromatic carbocycles. The standard InChI is InChI=1S/C22H15F6NO3S3/c23-21(24,25)13-3-11(4-14(7-13)22(26,27)28)12-6-16(34-9-12)8-17-18(30)29(20(33)35-17)15-2-1-10(5-15)19(31)32/h3-4,6-10,15H,1-2,5H2,(H,31,32)/t10-,15+/m0/s1. The molecule has 2 atom stereocenters. The van der Waals surface area contributed by atoms with Gasteiger partial charge in [-0.15, -0.1) is 11.3 Å². The van der Waals surface area contributed by atoms with Crippen LogP contribution in [0.1, 0.15) is 35.3 Å². The number of carboxylic acid groups (broad SMARTS) is 1. The Labute approximate surface area is 208 Å². The Hall–Kier alpha value is -2.38. The van der Waals surface area contributed by atoms with Crippen molar-refractivity contribution in [3.05, 3.63) is 50.6 Å². The highest BCUT2D eigenvalue weighted by Gasteiger charge is 2.42. The average molecular weight is 552 g/mol. The molecule has 4 nitrogen and oxygen atoms in total. The number of halogens is 6. The number of thioether (sulfide) groups is 1. The number of carbonyl (C=O) groups is 2. The SMILES string of the molecule is O=C(O)[C@H]1CC[C@@H](N2C(=O)C(=Cc3cc(-c4cc(C(F)(F)F)cc(C(F)(F)F)c4)cs3)SC2=S)C1. The molecule has 1 amide bonds. The van der Waals surface area contributed by atoms with Crippen LogP contribution in [0.3, 0.4) is 0 Å². The summed E-state index contributed by atoms with van der Waals surface area (Å²) in [5.74, 6) is -1.88. The van der Waals surface area contributed by atoms with Gasteiger partial charge in [-0.3, -0.25) is 14.5 Å². The number of hydrogen-bond acceptors (Lipinski definition) is 5. The number of alkyl halides is 6. The molecule has 1 saturated heterocycles. The van der Waals surface area contributed by atoms with Crippen molar-refractivity contribution in [3.8, 4) is 11.1 Å². The van der Waals surface area contributed by atoms with Crippen molar-refractivity contribution >= 4 is 57.6 Å². The van der Waals surface area contributed by atoms with Gasteiger partial charge in [0, 0.05) is 10.9 Å². The van der Waals surface area contributed by atoms with E-state index < -0.39 is 41.3 Å². The zero-order valence-corrected chi connectivity index (χ0v) is 19.9. The van der Waals surface area contributed by atoms with Gasteiger partial charge >= 0.3 is 18.3 Å². The molecule has 186 valence electrons. The van der Waals surface area contributed by atoms with Crippen LogP contribution in [0.2, 0.25) is 0 Å². The number of thiophene rings is 1. The van der Waals surface area contributed by atoms with Gasteiger partial charge in [-0.2, -0.15) is 26.3 Å². The van der Waals surface area contributed by atoms with Crippen LogP contribution in [0.4, 0.5) is 26.3 Å². The summed E-state index contributed by atoms with van der Waals surface area (Å²) in [6, 6.07) is 2.45. The number of thiocarbonyl (C=S) groups is 1. The van der Waals surface area contributed by atoms with Crippen LogP contribution < -0.4 is 0 Å². The minimum atomic E-state index is -4.96. The molecule has 0 radical (unpaired) electrons. The van der Waals surface area contributed by atoms with Gasteiger partial charge in [0.2, 0.25) is 0 Å². The van der Waals surface area contributed by atoms with Gasteiger partial charge in [-0.05, 0) is 66.1 Å². The van der Waals surface area contributed by atoms with Crippen LogP contribution in [0, 0.1) is 5.92 Å². The highest BCUT2D eigenvalue weighted by Crippen LogP contribution is 2.42. The Bertz CT molecular complexity index is 1200. The van der Waals surface area contributed by atoms with Crippen LogP contribution >= 0.6 is 35.3 Å². The lowest BCUT2D eigenvalue weighted by atomic mass is 10.0. The number of rotatable bonds is 4. The highest BCUT2D eigenvalue weighted by molar-refractivity contribution is 8.26. The summed E-state index contributed by atoms with van der Waals surface area (Å²) in [6.45, 7) is 0. The topological polar surface area (TPSA) is 57.6 Å². The average Bonchev–Trinajstić information content (AvgIpc) is 3.47. The molecule has 2 aliphatic rings. The second-order valence-corrected chi connectivity index (χ2v) is 10.7. The van der Waals surface area contributed by atoms with Gasteiger partial charge < -0.3 is 5.11 Å². The number of nitrogens with zero attached hydrogens (tertiary/aromatic N) is 1. The van der Waals surface area contributed by atoms with Gasteiger partial charge in [0.25, 0.3) is 5.91 Å². The number of benzene rings is 1. The predicted octanol–water partition coefficient (Wildman–Crippen LogP) is 6.91.